The summed E-state index contributed by atoms with van der Waals surface area (Å²) in [5, 5.41) is 0.898. The third-order valence-electron chi connectivity index (χ3n) is 5.79. The molecule has 1 saturated heterocycles. The molecule has 1 spiro atoms. The quantitative estimate of drug-likeness (QED) is 0.662. The van der Waals surface area contributed by atoms with Crippen molar-refractivity contribution in [3.63, 3.8) is 0 Å². The zero-order valence-corrected chi connectivity index (χ0v) is 18.5. The number of ketones is 1. The maximum atomic E-state index is 12.8. The van der Waals surface area contributed by atoms with E-state index in [1.807, 2.05) is 26.0 Å². The van der Waals surface area contributed by atoms with Gasteiger partial charge in [-0.15, -0.1) is 0 Å². The zero-order valence-electron chi connectivity index (χ0n) is 17.0. The van der Waals surface area contributed by atoms with Crippen LogP contribution in [-0.2, 0) is 4.79 Å². The van der Waals surface area contributed by atoms with Gasteiger partial charge in [0.05, 0.1) is 17.0 Å². The van der Waals surface area contributed by atoms with Gasteiger partial charge in [-0.1, -0.05) is 29.3 Å². The van der Waals surface area contributed by atoms with Gasteiger partial charge >= 0.3 is 0 Å². The third kappa shape index (κ3) is 4.14. The molecule has 5 nitrogen and oxygen atoms in total. The number of rotatable bonds is 3. The minimum Gasteiger partial charge on any atom is -0.486 e. The molecule has 0 radical (unpaired) electrons. The highest BCUT2D eigenvalue weighted by atomic mass is 35.5. The largest absolute Gasteiger partial charge is 0.486 e. The molecule has 158 valence electrons. The van der Waals surface area contributed by atoms with Crippen molar-refractivity contribution < 1.29 is 19.1 Å². The van der Waals surface area contributed by atoms with E-state index in [-0.39, 0.29) is 18.3 Å². The van der Waals surface area contributed by atoms with Crippen molar-refractivity contribution in [2.45, 2.75) is 38.7 Å². The molecule has 30 heavy (non-hydrogen) atoms. The third-order valence-corrected chi connectivity index (χ3v) is 6.34. The summed E-state index contributed by atoms with van der Waals surface area (Å²) in [6.45, 7) is 4.86. The molecule has 2 aromatic rings. The number of ether oxygens (including phenoxy) is 2. The van der Waals surface area contributed by atoms with Gasteiger partial charge in [0.15, 0.2) is 12.4 Å². The first-order valence-electron chi connectivity index (χ1n) is 9.95. The molecule has 1 fully saturated rings. The number of hydrogen-bond acceptors (Lipinski definition) is 4. The smallest absolute Gasteiger partial charge is 0.260 e. The van der Waals surface area contributed by atoms with Gasteiger partial charge in [0.1, 0.15) is 17.1 Å². The molecule has 4 rings (SSSR count). The first kappa shape index (κ1) is 21.0. The van der Waals surface area contributed by atoms with Crippen molar-refractivity contribution in [2.75, 3.05) is 19.7 Å². The van der Waals surface area contributed by atoms with Crippen LogP contribution < -0.4 is 9.47 Å². The van der Waals surface area contributed by atoms with Gasteiger partial charge in [-0.05, 0) is 43.2 Å². The van der Waals surface area contributed by atoms with Gasteiger partial charge in [-0.2, -0.15) is 0 Å². The Morgan fingerprint density at radius 1 is 1.17 bits per heavy atom. The molecule has 2 aliphatic heterocycles. The van der Waals surface area contributed by atoms with Crippen LogP contribution in [0.4, 0.5) is 0 Å². The summed E-state index contributed by atoms with van der Waals surface area (Å²) in [6.07, 6.45) is 1.56. The molecule has 2 aliphatic rings. The second kappa shape index (κ2) is 8.12. The van der Waals surface area contributed by atoms with E-state index < -0.39 is 5.60 Å². The van der Waals surface area contributed by atoms with Crippen LogP contribution in [0.5, 0.6) is 11.5 Å². The predicted molar refractivity (Wildman–Crippen MR) is 116 cm³/mol. The van der Waals surface area contributed by atoms with Crippen LogP contribution in [0.1, 0.15) is 40.7 Å². The zero-order chi connectivity index (χ0) is 21.5. The summed E-state index contributed by atoms with van der Waals surface area (Å²) in [5.41, 5.74) is 2.16. The van der Waals surface area contributed by atoms with Gasteiger partial charge < -0.3 is 14.4 Å². The van der Waals surface area contributed by atoms with E-state index in [1.165, 1.54) is 0 Å². The lowest BCUT2D eigenvalue weighted by atomic mass is 9.81. The van der Waals surface area contributed by atoms with Crippen molar-refractivity contribution in [3.05, 3.63) is 57.1 Å². The number of piperidine rings is 1. The Bertz CT molecular complexity index is 1010. The molecule has 0 bridgehead atoms. The van der Waals surface area contributed by atoms with E-state index in [1.54, 1.807) is 23.1 Å². The van der Waals surface area contributed by atoms with Gasteiger partial charge in [0.25, 0.3) is 5.91 Å². The number of amides is 1. The molecule has 0 atom stereocenters. The molecule has 2 heterocycles. The Balaban J connectivity index is 1.39. The lowest BCUT2D eigenvalue weighted by Gasteiger charge is -2.44. The highest BCUT2D eigenvalue weighted by Gasteiger charge is 2.44. The predicted octanol–water partition coefficient (Wildman–Crippen LogP) is 5.02. The monoisotopic (exact) mass is 447 g/mol. The minimum absolute atomic E-state index is 0.113. The first-order valence-corrected chi connectivity index (χ1v) is 10.7. The van der Waals surface area contributed by atoms with Crippen LogP contribution >= 0.6 is 23.2 Å². The first-order chi connectivity index (χ1) is 14.3. The number of hydrogen-bond donors (Lipinski definition) is 0. The number of fused-ring (bicyclic) bond motifs is 1. The molecule has 0 unspecified atom stereocenters. The number of halogens is 2. The van der Waals surface area contributed by atoms with Crippen LogP contribution in [0, 0.1) is 13.8 Å². The number of carbonyl (C=O) groups excluding carboxylic acids is 2. The summed E-state index contributed by atoms with van der Waals surface area (Å²) in [7, 11) is 0. The summed E-state index contributed by atoms with van der Waals surface area (Å²) in [5.74, 6) is 1.06. The van der Waals surface area contributed by atoms with Gasteiger partial charge in [0.2, 0.25) is 0 Å². The fourth-order valence-corrected chi connectivity index (χ4v) is 4.53. The van der Waals surface area contributed by atoms with Crippen molar-refractivity contribution in [3.8, 4) is 11.5 Å². The standard InChI is InChI=1S/C23H23Cl2NO4/c1-14-9-15(2)22-17(10-14)19(27)12-23(30-22)5-7-26(8-6-23)21(28)13-29-20-11-16(24)3-4-18(20)25/h3-4,9-11H,5-8,12-13H2,1-2H3. The minimum atomic E-state index is -0.544. The maximum Gasteiger partial charge on any atom is 0.260 e. The lowest BCUT2D eigenvalue weighted by molar-refractivity contribution is -0.136. The van der Waals surface area contributed by atoms with Gasteiger partial charge in [-0.25, -0.2) is 0 Å². The highest BCUT2D eigenvalue weighted by molar-refractivity contribution is 6.34. The number of Topliss-reactive ketones (excluding diaryl/α,β-unsaturated/α-hetero) is 1. The molecule has 1 amide bonds. The average molecular weight is 448 g/mol. The summed E-state index contributed by atoms with van der Waals surface area (Å²) >= 11 is 12.0. The molecule has 2 aromatic carbocycles. The average Bonchev–Trinajstić information content (AvgIpc) is 2.70. The summed E-state index contributed by atoms with van der Waals surface area (Å²) in [6, 6.07) is 8.81. The second-order valence-electron chi connectivity index (χ2n) is 8.09. The van der Waals surface area contributed by atoms with Crippen molar-refractivity contribution in [1.82, 2.24) is 4.90 Å². The Hall–Kier alpha value is -2.24. The van der Waals surface area contributed by atoms with Crippen LogP contribution in [0.15, 0.2) is 30.3 Å². The molecule has 0 N–H and O–H groups in total. The van der Waals surface area contributed by atoms with Crippen molar-refractivity contribution in [1.29, 1.82) is 0 Å². The SMILES string of the molecule is Cc1cc(C)c2c(c1)C(=O)CC1(CCN(C(=O)COc3cc(Cl)ccc3Cl)CC1)O2. The molecule has 0 aliphatic carbocycles. The Morgan fingerprint density at radius 2 is 1.90 bits per heavy atom. The second-order valence-corrected chi connectivity index (χ2v) is 8.93. The summed E-state index contributed by atoms with van der Waals surface area (Å²) in [4.78, 5) is 27.1. The number of carbonyl (C=O) groups is 2. The number of aryl methyl sites for hydroxylation is 2. The number of nitrogens with zero attached hydrogens (tertiary/aromatic N) is 1. The Morgan fingerprint density at radius 3 is 2.63 bits per heavy atom. The fraction of sp³-hybridized carbons (Fsp3) is 0.391. The van der Waals surface area contributed by atoms with Crippen LogP contribution in [0.3, 0.4) is 0 Å². The maximum absolute atomic E-state index is 12.8. The van der Waals surface area contributed by atoms with E-state index in [9.17, 15) is 9.59 Å². The molecule has 7 heteroatoms. The van der Waals surface area contributed by atoms with Gasteiger partial charge in [-0.3, -0.25) is 9.59 Å². The topological polar surface area (TPSA) is 55.8 Å². The Labute approximate surface area is 185 Å². The molecular weight excluding hydrogens is 425 g/mol. The number of likely N-dealkylation sites (tertiary alicyclic amines) is 1. The van der Waals surface area contributed by atoms with Crippen LogP contribution in [0.2, 0.25) is 10.0 Å². The molecular formula is C23H23Cl2NO4. The van der Waals surface area contributed by atoms with E-state index in [2.05, 4.69) is 0 Å². The highest BCUT2D eigenvalue weighted by Crippen LogP contribution is 2.41. The number of benzene rings is 2. The Kier molecular flexibility index (Phi) is 5.69. The van der Waals surface area contributed by atoms with Crippen LogP contribution in [-0.4, -0.2) is 41.9 Å². The van der Waals surface area contributed by atoms with E-state index in [4.69, 9.17) is 32.7 Å². The summed E-state index contributed by atoms with van der Waals surface area (Å²) < 4.78 is 11.9. The molecule has 0 aromatic heterocycles. The fourth-order valence-electron chi connectivity index (χ4n) is 4.20. The van der Waals surface area contributed by atoms with Crippen LogP contribution in [0.25, 0.3) is 0 Å². The van der Waals surface area contributed by atoms with Crippen molar-refractivity contribution in [2.24, 2.45) is 0 Å². The van der Waals surface area contributed by atoms with E-state index in [0.29, 0.717) is 59.5 Å². The normalized spacial score (nSPS) is 17.5. The molecule has 0 saturated carbocycles. The van der Waals surface area contributed by atoms with E-state index in [0.717, 1.165) is 11.1 Å². The van der Waals surface area contributed by atoms with Gasteiger partial charge in [0, 0.05) is 37.0 Å². The van der Waals surface area contributed by atoms with Crippen molar-refractivity contribution >= 4 is 34.9 Å². The van der Waals surface area contributed by atoms with E-state index >= 15 is 0 Å². The lowest BCUT2D eigenvalue weighted by Crippen LogP contribution is -2.53.